The van der Waals surface area contributed by atoms with Gasteiger partial charge in [0.15, 0.2) is 5.96 Å². The average molecular weight is 329 g/mol. The Hall–Kier alpha value is -0.750. The van der Waals surface area contributed by atoms with Crippen molar-refractivity contribution in [2.75, 3.05) is 31.6 Å². The Labute approximate surface area is 137 Å². The Balaban J connectivity index is 2.43. The van der Waals surface area contributed by atoms with E-state index in [1.54, 1.807) is 11.3 Å². The summed E-state index contributed by atoms with van der Waals surface area (Å²) in [6, 6.07) is 0. The summed E-state index contributed by atoms with van der Waals surface area (Å²) in [5, 5.41) is 10.0. The Morgan fingerprint density at radius 3 is 2.71 bits per heavy atom. The van der Waals surface area contributed by atoms with Gasteiger partial charge < -0.3 is 10.6 Å². The van der Waals surface area contributed by atoms with Crippen LogP contribution in [0.25, 0.3) is 0 Å². The number of nitrogens with zero attached hydrogens (tertiary/aromatic N) is 2. The molecule has 0 unspecified atom stereocenters. The molecule has 0 spiro atoms. The van der Waals surface area contributed by atoms with Gasteiger partial charge in [-0.25, -0.2) is 4.98 Å². The number of aliphatic imine (C=N–C) groups is 1. The number of hydrogen-bond acceptors (Lipinski definition) is 4. The SMILES string of the molecule is CCNC(=NCCSC)NCCc1nc(C(C)(C)C)cs1. The molecule has 0 fully saturated rings. The standard InChI is InChI=1S/C15H28N4S2/c1-6-16-14(18-9-10-20-5)17-8-7-13-19-12(11-21-13)15(2,3)4/h11H,6-10H2,1-5H3,(H2,16,17,18). The molecule has 0 saturated carbocycles. The molecular weight excluding hydrogens is 300 g/mol. The second-order valence-electron chi connectivity index (χ2n) is 5.81. The van der Waals surface area contributed by atoms with Crippen molar-refractivity contribution in [3.05, 3.63) is 16.1 Å². The first-order chi connectivity index (χ1) is 9.97. The molecule has 0 atom stereocenters. The van der Waals surface area contributed by atoms with Crippen molar-refractivity contribution < 1.29 is 0 Å². The smallest absolute Gasteiger partial charge is 0.191 e. The molecule has 0 bridgehead atoms. The van der Waals surface area contributed by atoms with Crippen molar-refractivity contribution in [3.63, 3.8) is 0 Å². The number of nitrogens with one attached hydrogen (secondary N) is 2. The zero-order valence-corrected chi connectivity index (χ0v) is 15.5. The van der Waals surface area contributed by atoms with Gasteiger partial charge in [0.05, 0.1) is 17.2 Å². The normalized spacial score (nSPS) is 12.5. The van der Waals surface area contributed by atoms with Gasteiger partial charge >= 0.3 is 0 Å². The fraction of sp³-hybridized carbons (Fsp3) is 0.733. The molecule has 0 radical (unpaired) electrons. The highest BCUT2D eigenvalue weighted by atomic mass is 32.2. The summed E-state index contributed by atoms with van der Waals surface area (Å²) in [7, 11) is 0. The number of aromatic nitrogens is 1. The highest BCUT2D eigenvalue weighted by Crippen LogP contribution is 2.23. The Kier molecular flexibility index (Phi) is 8.11. The average Bonchev–Trinajstić information content (AvgIpc) is 2.88. The molecule has 1 rings (SSSR count). The lowest BCUT2D eigenvalue weighted by Crippen LogP contribution is -2.38. The van der Waals surface area contributed by atoms with E-state index in [1.807, 2.05) is 11.8 Å². The Bertz CT molecular complexity index is 435. The summed E-state index contributed by atoms with van der Waals surface area (Å²) in [4.78, 5) is 9.25. The Morgan fingerprint density at radius 2 is 2.14 bits per heavy atom. The number of rotatable bonds is 7. The maximum atomic E-state index is 4.71. The number of hydrogen-bond donors (Lipinski definition) is 2. The first kappa shape index (κ1) is 18.3. The highest BCUT2D eigenvalue weighted by molar-refractivity contribution is 7.98. The van der Waals surface area contributed by atoms with E-state index < -0.39 is 0 Å². The molecule has 1 heterocycles. The van der Waals surface area contributed by atoms with Crippen molar-refractivity contribution in [1.29, 1.82) is 0 Å². The zero-order chi connectivity index (χ0) is 15.7. The molecule has 2 N–H and O–H groups in total. The fourth-order valence-corrected chi connectivity index (χ4v) is 2.95. The predicted octanol–water partition coefficient (Wildman–Crippen LogP) is 2.90. The van der Waals surface area contributed by atoms with E-state index in [0.717, 1.165) is 37.8 Å². The van der Waals surface area contributed by atoms with Gasteiger partial charge in [0.2, 0.25) is 0 Å². The van der Waals surface area contributed by atoms with Gasteiger partial charge in [-0.05, 0) is 13.2 Å². The maximum absolute atomic E-state index is 4.71. The molecule has 21 heavy (non-hydrogen) atoms. The van der Waals surface area contributed by atoms with Gasteiger partial charge in [0, 0.05) is 36.1 Å². The summed E-state index contributed by atoms with van der Waals surface area (Å²) >= 11 is 3.56. The molecule has 0 amide bonds. The van der Waals surface area contributed by atoms with E-state index >= 15 is 0 Å². The number of guanidine groups is 1. The maximum Gasteiger partial charge on any atom is 0.191 e. The van der Waals surface area contributed by atoms with Crippen LogP contribution in [0.3, 0.4) is 0 Å². The van der Waals surface area contributed by atoms with Crippen LogP contribution in [0.1, 0.15) is 38.4 Å². The molecule has 1 aromatic heterocycles. The van der Waals surface area contributed by atoms with E-state index in [2.05, 4.69) is 55.0 Å². The van der Waals surface area contributed by atoms with Crippen molar-refractivity contribution >= 4 is 29.1 Å². The molecule has 0 aliphatic heterocycles. The van der Waals surface area contributed by atoms with Crippen LogP contribution in [0.5, 0.6) is 0 Å². The largest absolute Gasteiger partial charge is 0.357 e. The summed E-state index contributed by atoms with van der Waals surface area (Å²) in [5.41, 5.74) is 1.32. The summed E-state index contributed by atoms with van der Waals surface area (Å²) in [5.74, 6) is 1.96. The quantitative estimate of drug-likeness (QED) is 0.459. The van der Waals surface area contributed by atoms with E-state index in [0.29, 0.717) is 0 Å². The van der Waals surface area contributed by atoms with Crippen molar-refractivity contribution in [3.8, 4) is 0 Å². The van der Waals surface area contributed by atoms with Crippen LogP contribution in [0.4, 0.5) is 0 Å². The van der Waals surface area contributed by atoms with E-state index in [-0.39, 0.29) is 5.41 Å². The third kappa shape index (κ3) is 7.18. The summed E-state index contributed by atoms with van der Waals surface area (Å²) in [6.45, 7) is 11.3. The first-order valence-corrected chi connectivity index (χ1v) is 9.70. The van der Waals surface area contributed by atoms with Crippen LogP contribution >= 0.6 is 23.1 Å². The van der Waals surface area contributed by atoms with Crippen LogP contribution in [0.15, 0.2) is 10.4 Å². The van der Waals surface area contributed by atoms with Crippen molar-refractivity contribution in [2.24, 2.45) is 4.99 Å². The van der Waals surface area contributed by atoms with Gasteiger partial charge in [-0.1, -0.05) is 20.8 Å². The topological polar surface area (TPSA) is 49.3 Å². The van der Waals surface area contributed by atoms with Crippen LogP contribution in [0.2, 0.25) is 0 Å². The monoisotopic (exact) mass is 328 g/mol. The molecule has 0 aliphatic carbocycles. The van der Waals surface area contributed by atoms with Crippen molar-refractivity contribution in [1.82, 2.24) is 15.6 Å². The molecule has 120 valence electrons. The minimum Gasteiger partial charge on any atom is -0.357 e. The van der Waals surface area contributed by atoms with Crippen LogP contribution in [-0.4, -0.2) is 42.6 Å². The summed E-state index contributed by atoms with van der Waals surface area (Å²) in [6.07, 6.45) is 3.04. The lowest BCUT2D eigenvalue weighted by molar-refractivity contribution is 0.570. The van der Waals surface area contributed by atoms with E-state index in [4.69, 9.17) is 4.98 Å². The highest BCUT2D eigenvalue weighted by Gasteiger charge is 2.17. The predicted molar refractivity (Wildman–Crippen MR) is 96.9 cm³/mol. The van der Waals surface area contributed by atoms with Crippen LogP contribution < -0.4 is 10.6 Å². The third-order valence-electron chi connectivity index (χ3n) is 2.86. The fourth-order valence-electron chi connectivity index (χ4n) is 1.65. The molecule has 4 nitrogen and oxygen atoms in total. The molecule has 0 aliphatic rings. The van der Waals surface area contributed by atoms with E-state index in [9.17, 15) is 0 Å². The minimum atomic E-state index is 0.135. The Morgan fingerprint density at radius 1 is 1.38 bits per heavy atom. The lowest BCUT2D eigenvalue weighted by atomic mass is 9.93. The molecule has 0 aromatic carbocycles. The second-order valence-corrected chi connectivity index (χ2v) is 7.73. The zero-order valence-electron chi connectivity index (χ0n) is 13.8. The van der Waals surface area contributed by atoms with Gasteiger partial charge in [-0.15, -0.1) is 11.3 Å². The minimum absolute atomic E-state index is 0.135. The van der Waals surface area contributed by atoms with E-state index in [1.165, 1.54) is 10.7 Å². The third-order valence-corrected chi connectivity index (χ3v) is 4.36. The first-order valence-electron chi connectivity index (χ1n) is 7.43. The van der Waals surface area contributed by atoms with Gasteiger partial charge in [-0.3, -0.25) is 4.99 Å². The van der Waals surface area contributed by atoms with Gasteiger partial charge in [-0.2, -0.15) is 11.8 Å². The van der Waals surface area contributed by atoms with Crippen LogP contribution in [0, 0.1) is 0 Å². The van der Waals surface area contributed by atoms with Crippen LogP contribution in [-0.2, 0) is 11.8 Å². The molecule has 1 aromatic rings. The number of thioether (sulfide) groups is 1. The molecule has 6 heteroatoms. The van der Waals surface area contributed by atoms with Crippen molar-refractivity contribution in [2.45, 2.75) is 39.5 Å². The molecular formula is C15H28N4S2. The molecule has 0 saturated heterocycles. The summed E-state index contributed by atoms with van der Waals surface area (Å²) < 4.78 is 0. The van der Waals surface area contributed by atoms with Gasteiger partial charge in [0.1, 0.15) is 0 Å². The van der Waals surface area contributed by atoms with Gasteiger partial charge in [0.25, 0.3) is 0 Å². The number of thiazole rings is 1. The lowest BCUT2D eigenvalue weighted by Gasteiger charge is -2.14. The second kappa shape index (κ2) is 9.30.